The van der Waals surface area contributed by atoms with E-state index in [1.54, 1.807) is 0 Å². The van der Waals surface area contributed by atoms with Gasteiger partial charge < -0.3 is 5.32 Å². The van der Waals surface area contributed by atoms with Crippen LogP contribution in [-0.4, -0.2) is 13.3 Å². The Morgan fingerprint density at radius 2 is 2.62 bits per heavy atom. The van der Waals surface area contributed by atoms with Gasteiger partial charge >= 0.3 is 0 Å². The molecule has 0 radical (unpaired) electrons. The maximum absolute atomic E-state index is 3.74. The van der Waals surface area contributed by atoms with Crippen molar-refractivity contribution in [3.05, 3.63) is 24.0 Å². The maximum Gasteiger partial charge on any atom is 0.0587 e. The largest absolute Gasteiger partial charge is 0.385 e. The van der Waals surface area contributed by atoms with Crippen LogP contribution >= 0.6 is 0 Å². The Morgan fingerprint density at radius 1 is 1.75 bits per heavy atom. The Balaban J connectivity index is 2.63. The zero-order valence-corrected chi connectivity index (χ0v) is 4.59. The Bertz CT molecular complexity index is 145. The molecule has 0 saturated heterocycles. The molecule has 0 spiro atoms. The molecule has 1 aliphatic heterocycles. The van der Waals surface area contributed by atoms with E-state index in [1.807, 2.05) is 18.4 Å². The Labute approximate surface area is 48.6 Å². The van der Waals surface area contributed by atoms with Gasteiger partial charge in [-0.3, -0.25) is 4.99 Å². The summed E-state index contributed by atoms with van der Waals surface area (Å²) in [4.78, 5) is 3.74. The number of dihydropyridines is 1. The minimum absolute atomic E-state index is 0.806. The minimum atomic E-state index is 0.806. The molecule has 2 nitrogen and oxygen atoms in total. The predicted molar refractivity (Wildman–Crippen MR) is 34.8 cm³/mol. The Hall–Kier alpha value is -1.05. The molecule has 1 N–H and O–H groups in total. The fourth-order valence-corrected chi connectivity index (χ4v) is 0.558. The quantitative estimate of drug-likeness (QED) is 0.491. The van der Waals surface area contributed by atoms with E-state index in [-0.39, 0.29) is 0 Å². The lowest BCUT2D eigenvalue weighted by atomic mass is 10.3. The first-order valence-corrected chi connectivity index (χ1v) is 2.49. The Kier molecular flexibility index (Phi) is 1.47. The van der Waals surface area contributed by atoms with E-state index in [9.17, 15) is 0 Å². The monoisotopic (exact) mass is 108 g/mol. The first-order valence-electron chi connectivity index (χ1n) is 2.49. The molecule has 8 heavy (non-hydrogen) atoms. The number of nitrogens with zero attached hydrogens (tertiary/aromatic N) is 1. The molecule has 1 aliphatic rings. The van der Waals surface area contributed by atoms with Gasteiger partial charge in [0.05, 0.1) is 12.2 Å². The fraction of sp³-hybridized carbons (Fsp3) is 0.167. The van der Waals surface area contributed by atoms with Crippen LogP contribution in [0.25, 0.3) is 0 Å². The van der Waals surface area contributed by atoms with E-state index in [0.717, 1.165) is 12.2 Å². The van der Waals surface area contributed by atoms with Crippen molar-refractivity contribution in [3.63, 3.8) is 0 Å². The van der Waals surface area contributed by atoms with E-state index in [4.69, 9.17) is 0 Å². The van der Waals surface area contributed by atoms with Gasteiger partial charge in [0.15, 0.2) is 0 Å². The molecule has 1 heterocycles. The number of hydrogen-bond donors (Lipinski definition) is 1. The Morgan fingerprint density at radius 3 is 3.00 bits per heavy atom. The van der Waals surface area contributed by atoms with Gasteiger partial charge in [0.25, 0.3) is 0 Å². The number of rotatable bonds is 1. The number of aliphatic imine (C=N–C) groups is 1. The molecule has 2 heteroatoms. The second-order valence-electron chi connectivity index (χ2n) is 1.56. The second-order valence-corrected chi connectivity index (χ2v) is 1.56. The molecule has 0 unspecified atom stereocenters. The first kappa shape index (κ1) is 5.09. The highest BCUT2D eigenvalue weighted by Gasteiger charge is 1.90. The zero-order chi connectivity index (χ0) is 5.82. The van der Waals surface area contributed by atoms with Crippen LogP contribution in [0.4, 0.5) is 0 Å². The van der Waals surface area contributed by atoms with Crippen molar-refractivity contribution in [2.45, 2.75) is 0 Å². The lowest BCUT2D eigenvalue weighted by Gasteiger charge is -2.03. The van der Waals surface area contributed by atoms with Crippen molar-refractivity contribution in [2.24, 2.45) is 4.99 Å². The molecule has 0 aromatic carbocycles. The molecule has 0 amide bonds. The van der Waals surface area contributed by atoms with Crippen molar-refractivity contribution in [3.8, 4) is 0 Å². The van der Waals surface area contributed by atoms with Gasteiger partial charge in [-0.25, -0.2) is 0 Å². The van der Waals surface area contributed by atoms with Gasteiger partial charge in [0.1, 0.15) is 0 Å². The number of allylic oxidation sites excluding steroid dienone is 2. The van der Waals surface area contributed by atoms with Crippen LogP contribution < -0.4 is 5.32 Å². The molecule has 0 saturated carbocycles. The summed E-state index contributed by atoms with van der Waals surface area (Å²) < 4.78 is 0. The first-order chi connectivity index (χ1) is 3.93. The van der Waals surface area contributed by atoms with Crippen molar-refractivity contribution in [1.82, 2.24) is 5.32 Å². The van der Waals surface area contributed by atoms with Crippen molar-refractivity contribution < 1.29 is 0 Å². The van der Waals surface area contributed by atoms with E-state index in [1.165, 1.54) is 0 Å². The summed E-state index contributed by atoms with van der Waals surface area (Å²) in [5, 5.41) is 3.00. The molecule has 0 fully saturated rings. The van der Waals surface area contributed by atoms with Gasteiger partial charge in [-0.15, -0.1) is 0 Å². The highest BCUT2D eigenvalue weighted by atomic mass is 14.9. The van der Waals surface area contributed by atoms with Crippen LogP contribution in [0.3, 0.4) is 0 Å². The van der Waals surface area contributed by atoms with Crippen LogP contribution in [0.15, 0.2) is 29.0 Å². The van der Waals surface area contributed by atoms with Crippen molar-refractivity contribution >= 4 is 6.72 Å². The summed E-state index contributed by atoms with van der Waals surface area (Å²) >= 11 is 0. The van der Waals surface area contributed by atoms with Crippen LogP contribution in [-0.2, 0) is 0 Å². The third kappa shape index (κ3) is 0.964. The molecule has 0 aromatic rings. The third-order valence-electron chi connectivity index (χ3n) is 0.989. The van der Waals surface area contributed by atoms with Gasteiger partial charge in [-0.2, -0.15) is 0 Å². The number of hydrogen-bond acceptors (Lipinski definition) is 2. The van der Waals surface area contributed by atoms with Gasteiger partial charge in [-0.1, -0.05) is 0 Å². The zero-order valence-electron chi connectivity index (χ0n) is 4.59. The summed E-state index contributed by atoms with van der Waals surface area (Å²) in [5.74, 6) is 0. The molecule has 0 bridgehead atoms. The van der Waals surface area contributed by atoms with Crippen molar-refractivity contribution in [2.75, 3.05) is 6.54 Å². The van der Waals surface area contributed by atoms with Gasteiger partial charge in [0, 0.05) is 0 Å². The van der Waals surface area contributed by atoms with Crippen molar-refractivity contribution in [1.29, 1.82) is 0 Å². The smallest absolute Gasteiger partial charge is 0.0587 e. The highest BCUT2D eigenvalue weighted by molar-refractivity contribution is 5.31. The van der Waals surface area contributed by atoms with E-state index < -0.39 is 0 Å². The lowest BCUT2D eigenvalue weighted by Crippen LogP contribution is -2.10. The van der Waals surface area contributed by atoms with E-state index in [0.29, 0.717) is 0 Å². The molecule has 0 aromatic heterocycles. The van der Waals surface area contributed by atoms with Crippen LogP contribution in [0, 0.1) is 0 Å². The second kappa shape index (κ2) is 2.31. The molecule has 0 aliphatic carbocycles. The highest BCUT2D eigenvalue weighted by Crippen LogP contribution is 1.96. The summed E-state index contributed by atoms with van der Waals surface area (Å²) in [6.45, 7) is 4.20. The molecule has 0 atom stereocenters. The molecule has 42 valence electrons. The maximum atomic E-state index is 3.74. The van der Waals surface area contributed by atoms with Crippen LogP contribution in [0.1, 0.15) is 0 Å². The van der Waals surface area contributed by atoms with E-state index in [2.05, 4.69) is 17.0 Å². The molecule has 1 rings (SSSR count). The van der Waals surface area contributed by atoms with E-state index >= 15 is 0 Å². The summed E-state index contributed by atoms with van der Waals surface area (Å²) in [7, 11) is 0. The molecular weight excluding hydrogens is 100 g/mol. The summed E-state index contributed by atoms with van der Waals surface area (Å²) in [6.07, 6.45) is 5.73. The predicted octanol–water partition coefficient (Wildman–Crippen LogP) is 0.688. The fourth-order valence-electron chi connectivity index (χ4n) is 0.558. The molecular formula is C6H8N2. The van der Waals surface area contributed by atoms with Crippen LogP contribution in [0.5, 0.6) is 0 Å². The lowest BCUT2D eigenvalue weighted by molar-refractivity contribution is 0.911. The minimum Gasteiger partial charge on any atom is -0.385 e. The van der Waals surface area contributed by atoms with Gasteiger partial charge in [-0.05, 0) is 25.1 Å². The standard InChI is InChI=1S/C6H8N2/c1-7-6-3-2-4-8-5-6/h2-4,8H,1,5H2. The van der Waals surface area contributed by atoms with Crippen LogP contribution in [0.2, 0.25) is 0 Å². The number of nitrogens with one attached hydrogen (secondary N) is 1. The normalized spacial score (nSPS) is 16.8. The average Bonchev–Trinajstić information content (AvgIpc) is 1.90. The topological polar surface area (TPSA) is 24.4 Å². The third-order valence-corrected chi connectivity index (χ3v) is 0.989. The van der Waals surface area contributed by atoms with Gasteiger partial charge in [0.2, 0.25) is 0 Å². The SMILES string of the molecule is C=NC1=CC=CNC1. The average molecular weight is 108 g/mol. The summed E-state index contributed by atoms with van der Waals surface area (Å²) in [6, 6.07) is 0. The summed E-state index contributed by atoms with van der Waals surface area (Å²) in [5.41, 5.74) is 0.993.